The summed E-state index contributed by atoms with van der Waals surface area (Å²) in [6.07, 6.45) is 4.40. The van der Waals surface area contributed by atoms with Crippen LogP contribution in [0.25, 0.3) is 0 Å². The van der Waals surface area contributed by atoms with E-state index in [0.29, 0.717) is 24.2 Å². The molecule has 1 aliphatic heterocycles. The number of hydrogen-bond donors (Lipinski definition) is 1. The highest BCUT2D eigenvalue weighted by atomic mass is 32.2. The van der Waals surface area contributed by atoms with Gasteiger partial charge in [-0.15, -0.1) is 11.8 Å². The van der Waals surface area contributed by atoms with Crippen molar-refractivity contribution in [2.24, 2.45) is 0 Å². The van der Waals surface area contributed by atoms with E-state index in [2.05, 4.69) is 0 Å². The summed E-state index contributed by atoms with van der Waals surface area (Å²) in [5, 5.41) is 9.43. The molecule has 0 fully saturated rings. The minimum Gasteiger partial charge on any atom is -0.481 e. The minimum atomic E-state index is -0.811. The highest BCUT2D eigenvalue weighted by Gasteiger charge is 2.28. The Hall–Kier alpha value is -2.01. The Labute approximate surface area is 139 Å². The number of hydrogen-bond acceptors (Lipinski definition) is 3. The Morgan fingerprint density at radius 3 is 2.52 bits per heavy atom. The number of benzene rings is 1. The van der Waals surface area contributed by atoms with Crippen LogP contribution in [-0.4, -0.2) is 27.7 Å². The standard InChI is InChI=1S/C18H19NO3S/c1-23-13-7-5-12(6-8-13)17(20)16-10-9-15-14(18(21)22)4-2-3-11-19(15)16/h5-10,14H,2-4,11H2,1H3,(H,21,22). The van der Waals surface area contributed by atoms with Gasteiger partial charge in [-0.05, 0) is 55.5 Å². The number of aliphatic carboxylic acids is 1. The first-order valence-corrected chi connectivity index (χ1v) is 8.95. The monoisotopic (exact) mass is 329 g/mol. The van der Waals surface area contributed by atoms with E-state index < -0.39 is 11.9 Å². The summed E-state index contributed by atoms with van der Waals surface area (Å²) in [7, 11) is 0. The number of carboxylic acids is 1. The zero-order valence-electron chi connectivity index (χ0n) is 13.0. The maximum atomic E-state index is 12.8. The Morgan fingerprint density at radius 2 is 1.87 bits per heavy atom. The van der Waals surface area contributed by atoms with Gasteiger partial charge in [-0.25, -0.2) is 0 Å². The van der Waals surface area contributed by atoms with Gasteiger partial charge >= 0.3 is 5.97 Å². The molecule has 0 saturated heterocycles. The topological polar surface area (TPSA) is 59.3 Å². The molecule has 0 spiro atoms. The quantitative estimate of drug-likeness (QED) is 0.685. The lowest BCUT2D eigenvalue weighted by Crippen LogP contribution is -2.16. The van der Waals surface area contributed by atoms with Crippen molar-refractivity contribution < 1.29 is 14.7 Å². The molecule has 120 valence electrons. The maximum Gasteiger partial charge on any atom is 0.312 e. The number of fused-ring (bicyclic) bond motifs is 1. The van der Waals surface area contributed by atoms with Gasteiger partial charge in [0.2, 0.25) is 5.78 Å². The predicted molar refractivity (Wildman–Crippen MR) is 90.3 cm³/mol. The van der Waals surface area contributed by atoms with Crippen molar-refractivity contribution >= 4 is 23.5 Å². The molecule has 0 saturated carbocycles. The number of thioether (sulfide) groups is 1. The summed E-state index contributed by atoms with van der Waals surface area (Å²) in [5.74, 6) is -1.37. The second kappa shape index (κ2) is 6.62. The number of nitrogens with zero attached hydrogens (tertiary/aromatic N) is 1. The van der Waals surface area contributed by atoms with Crippen LogP contribution in [0.2, 0.25) is 0 Å². The zero-order valence-corrected chi connectivity index (χ0v) is 13.8. The minimum absolute atomic E-state index is 0.0464. The second-order valence-corrected chi connectivity index (χ2v) is 6.62. The van der Waals surface area contributed by atoms with Crippen molar-refractivity contribution in [3.63, 3.8) is 0 Å². The molecule has 1 aromatic carbocycles. The van der Waals surface area contributed by atoms with Gasteiger partial charge in [0.05, 0.1) is 11.6 Å². The molecule has 1 aromatic heterocycles. The van der Waals surface area contributed by atoms with Crippen molar-refractivity contribution in [1.29, 1.82) is 0 Å². The molecule has 1 unspecified atom stereocenters. The first-order valence-electron chi connectivity index (χ1n) is 7.73. The number of carbonyl (C=O) groups is 2. The van der Waals surface area contributed by atoms with E-state index in [1.54, 1.807) is 23.9 Å². The summed E-state index contributed by atoms with van der Waals surface area (Å²) in [6.45, 7) is 0.704. The lowest BCUT2D eigenvalue weighted by molar-refractivity contribution is -0.139. The highest BCUT2D eigenvalue weighted by Crippen LogP contribution is 2.30. The van der Waals surface area contributed by atoms with Crippen LogP contribution in [0, 0.1) is 0 Å². The van der Waals surface area contributed by atoms with E-state index in [1.807, 2.05) is 35.1 Å². The van der Waals surface area contributed by atoms with E-state index in [9.17, 15) is 14.7 Å². The first-order chi connectivity index (χ1) is 11.1. The maximum absolute atomic E-state index is 12.8. The van der Waals surface area contributed by atoms with Gasteiger partial charge in [-0.1, -0.05) is 6.42 Å². The van der Waals surface area contributed by atoms with Crippen molar-refractivity contribution in [2.45, 2.75) is 36.6 Å². The van der Waals surface area contributed by atoms with Gasteiger partial charge in [0, 0.05) is 22.7 Å². The average molecular weight is 329 g/mol. The summed E-state index contributed by atoms with van der Waals surface area (Å²) in [4.78, 5) is 25.4. The molecule has 1 N–H and O–H groups in total. The predicted octanol–water partition coefficient (Wildman–Crippen LogP) is 3.79. The fourth-order valence-electron chi connectivity index (χ4n) is 3.14. The summed E-state index contributed by atoms with van der Waals surface area (Å²) in [6, 6.07) is 11.1. The number of ketones is 1. The van der Waals surface area contributed by atoms with Gasteiger partial charge in [-0.3, -0.25) is 9.59 Å². The van der Waals surface area contributed by atoms with E-state index in [-0.39, 0.29) is 5.78 Å². The van der Waals surface area contributed by atoms with Crippen molar-refractivity contribution in [3.05, 3.63) is 53.3 Å². The Morgan fingerprint density at radius 1 is 1.13 bits per heavy atom. The van der Waals surface area contributed by atoms with E-state index in [4.69, 9.17) is 0 Å². The van der Waals surface area contributed by atoms with Crippen LogP contribution < -0.4 is 0 Å². The average Bonchev–Trinajstić information content (AvgIpc) is 2.85. The molecule has 0 aliphatic carbocycles. The number of carbonyl (C=O) groups excluding carboxylic acids is 1. The van der Waals surface area contributed by atoms with E-state index in [1.165, 1.54) is 0 Å². The van der Waals surface area contributed by atoms with Gasteiger partial charge in [0.15, 0.2) is 0 Å². The van der Waals surface area contributed by atoms with Crippen molar-refractivity contribution in [1.82, 2.24) is 4.57 Å². The van der Waals surface area contributed by atoms with Crippen LogP contribution in [0.3, 0.4) is 0 Å². The van der Waals surface area contributed by atoms with Gasteiger partial charge in [0.25, 0.3) is 0 Å². The van der Waals surface area contributed by atoms with Crippen LogP contribution in [0.1, 0.15) is 46.9 Å². The number of carboxylic acid groups (broad SMARTS) is 1. The Bertz CT molecular complexity index is 733. The Kier molecular flexibility index (Phi) is 4.57. The fraction of sp³-hybridized carbons (Fsp3) is 0.333. The molecular formula is C18H19NO3S. The molecule has 2 heterocycles. The number of aromatic nitrogens is 1. The fourth-order valence-corrected chi connectivity index (χ4v) is 3.55. The lowest BCUT2D eigenvalue weighted by Gasteiger charge is -2.13. The SMILES string of the molecule is CSc1ccc(C(=O)c2ccc3n2CCCCC3C(=O)O)cc1. The van der Waals surface area contributed by atoms with Crippen LogP contribution in [0.15, 0.2) is 41.3 Å². The van der Waals surface area contributed by atoms with Gasteiger partial charge < -0.3 is 9.67 Å². The van der Waals surface area contributed by atoms with Gasteiger partial charge in [0.1, 0.15) is 0 Å². The lowest BCUT2D eigenvalue weighted by atomic mass is 10.0. The largest absolute Gasteiger partial charge is 0.481 e. The zero-order chi connectivity index (χ0) is 16.4. The molecule has 4 nitrogen and oxygen atoms in total. The summed E-state index contributed by atoms with van der Waals surface area (Å²) < 4.78 is 1.90. The van der Waals surface area contributed by atoms with Crippen LogP contribution in [-0.2, 0) is 11.3 Å². The van der Waals surface area contributed by atoms with E-state index >= 15 is 0 Å². The van der Waals surface area contributed by atoms with Crippen LogP contribution in [0.4, 0.5) is 0 Å². The molecular weight excluding hydrogens is 310 g/mol. The second-order valence-electron chi connectivity index (χ2n) is 5.74. The Balaban J connectivity index is 1.97. The van der Waals surface area contributed by atoms with Crippen LogP contribution in [0.5, 0.6) is 0 Å². The third kappa shape index (κ3) is 3.06. The molecule has 0 bridgehead atoms. The molecule has 0 radical (unpaired) electrons. The highest BCUT2D eigenvalue weighted by molar-refractivity contribution is 7.98. The molecule has 3 rings (SSSR count). The molecule has 0 amide bonds. The smallest absolute Gasteiger partial charge is 0.312 e. The van der Waals surface area contributed by atoms with Gasteiger partial charge in [-0.2, -0.15) is 0 Å². The molecule has 2 aromatic rings. The van der Waals surface area contributed by atoms with Crippen molar-refractivity contribution in [3.8, 4) is 0 Å². The number of rotatable bonds is 4. The molecule has 1 aliphatic rings. The summed E-state index contributed by atoms with van der Waals surface area (Å²) >= 11 is 1.63. The summed E-state index contributed by atoms with van der Waals surface area (Å²) in [5.41, 5.74) is 1.98. The van der Waals surface area contributed by atoms with Crippen LogP contribution >= 0.6 is 11.8 Å². The molecule has 5 heteroatoms. The normalized spacial score (nSPS) is 17.3. The molecule has 1 atom stereocenters. The van der Waals surface area contributed by atoms with Crippen molar-refractivity contribution in [2.75, 3.05) is 6.26 Å². The van der Waals surface area contributed by atoms with E-state index in [0.717, 1.165) is 23.4 Å². The third-order valence-corrected chi connectivity index (χ3v) is 5.12. The molecule has 23 heavy (non-hydrogen) atoms. The first kappa shape index (κ1) is 15.9. The third-order valence-electron chi connectivity index (χ3n) is 4.38.